The Labute approximate surface area is 451 Å². The fraction of sp³-hybridized carbons (Fsp3) is 0.810. The number of unbranched alkanes of at least 4 members (excludes halogenated alkanes) is 32. The van der Waals surface area contributed by atoms with E-state index >= 15 is 0 Å². The Hall–Kier alpha value is -2.29. The van der Waals surface area contributed by atoms with Crippen molar-refractivity contribution in [1.29, 1.82) is 0 Å². The summed E-state index contributed by atoms with van der Waals surface area (Å²) in [6.07, 6.45) is 66.3. The van der Waals surface area contributed by atoms with Crippen LogP contribution in [0.5, 0.6) is 0 Å². The van der Waals surface area contributed by atoms with Crippen molar-refractivity contribution in [2.75, 3.05) is 40.9 Å². The fourth-order valence-corrected chi connectivity index (χ4v) is 9.40. The fourth-order valence-electron chi connectivity index (χ4n) is 8.67. The molecule has 426 valence electrons. The van der Waals surface area contributed by atoms with Gasteiger partial charge in [-0.1, -0.05) is 236 Å². The van der Waals surface area contributed by atoms with Crippen molar-refractivity contribution in [3.05, 3.63) is 60.8 Å². The topological polar surface area (TPSA) is 111 Å². The molecule has 0 aromatic heterocycles. The number of nitrogens with zero attached hydrogens (tertiary/aromatic N) is 1. The van der Waals surface area contributed by atoms with Gasteiger partial charge in [0, 0.05) is 12.8 Å². The first-order valence-electron chi connectivity index (χ1n) is 30.6. The molecule has 0 aliphatic heterocycles. The van der Waals surface area contributed by atoms with Gasteiger partial charge in [0.05, 0.1) is 33.8 Å². The van der Waals surface area contributed by atoms with E-state index in [1.54, 1.807) is 0 Å². The van der Waals surface area contributed by atoms with Crippen LogP contribution in [0.15, 0.2) is 60.8 Å². The van der Waals surface area contributed by atoms with E-state index in [-0.39, 0.29) is 31.5 Å². The average molecular weight is 1050 g/mol. The normalized spacial score (nSPS) is 14.1. The van der Waals surface area contributed by atoms with E-state index < -0.39 is 20.0 Å². The first-order chi connectivity index (χ1) is 35.4. The molecule has 73 heavy (non-hydrogen) atoms. The van der Waals surface area contributed by atoms with Crippen molar-refractivity contribution >= 4 is 19.7 Å². The van der Waals surface area contributed by atoms with Crippen LogP contribution in [0.3, 0.4) is 0 Å². The minimum absolute atomic E-state index is 0.0361. The highest BCUT2D eigenvalue weighted by molar-refractivity contribution is 7.47. The molecule has 0 aliphatic rings. The van der Waals surface area contributed by atoms with Gasteiger partial charge in [-0.25, -0.2) is 4.57 Å². The first kappa shape index (κ1) is 70.7. The Balaban J connectivity index is 5.32. The molecule has 0 saturated heterocycles. The minimum Gasteiger partial charge on any atom is -0.456 e. The van der Waals surface area contributed by atoms with Crippen molar-refractivity contribution in [3.63, 3.8) is 0 Å². The molecule has 0 bridgehead atoms. The highest BCUT2D eigenvalue weighted by Gasteiger charge is 2.30. The summed E-state index contributed by atoms with van der Waals surface area (Å²) in [6, 6.07) is -0.856. The highest BCUT2D eigenvalue weighted by Crippen LogP contribution is 2.43. The van der Waals surface area contributed by atoms with Crippen molar-refractivity contribution < 1.29 is 37.3 Å². The van der Waals surface area contributed by atoms with Gasteiger partial charge in [-0.2, -0.15) is 0 Å². The molecule has 0 aliphatic carbocycles. The van der Waals surface area contributed by atoms with Crippen molar-refractivity contribution in [1.82, 2.24) is 5.32 Å². The summed E-state index contributed by atoms with van der Waals surface area (Å²) in [4.78, 5) is 37.7. The number of likely N-dealkylation sites (N-methyl/N-ethyl adjacent to an activating group) is 1. The van der Waals surface area contributed by atoms with Gasteiger partial charge >= 0.3 is 13.8 Å². The van der Waals surface area contributed by atoms with E-state index in [2.05, 4.69) is 74.7 Å². The zero-order valence-electron chi connectivity index (χ0n) is 48.6. The molecule has 0 spiro atoms. The maximum Gasteiger partial charge on any atom is 0.472 e. The molecule has 0 radical (unpaired) electrons. The lowest BCUT2D eigenvalue weighted by atomic mass is 10.0. The lowest BCUT2D eigenvalue weighted by Crippen LogP contribution is -2.47. The lowest BCUT2D eigenvalue weighted by molar-refractivity contribution is -0.870. The van der Waals surface area contributed by atoms with Crippen LogP contribution in [-0.2, 0) is 27.9 Å². The second-order valence-electron chi connectivity index (χ2n) is 21.9. The summed E-state index contributed by atoms with van der Waals surface area (Å²) in [7, 11) is 1.49. The van der Waals surface area contributed by atoms with Gasteiger partial charge in [-0.15, -0.1) is 0 Å². The number of allylic oxidation sites excluding steroid dienone is 9. The second-order valence-corrected chi connectivity index (χ2v) is 23.4. The highest BCUT2D eigenvalue weighted by atomic mass is 31.2. The largest absolute Gasteiger partial charge is 0.472 e. The van der Waals surface area contributed by atoms with Crippen LogP contribution < -0.4 is 5.32 Å². The van der Waals surface area contributed by atoms with Crippen molar-refractivity contribution in [2.45, 2.75) is 290 Å². The van der Waals surface area contributed by atoms with Gasteiger partial charge in [0.15, 0.2) is 0 Å². The predicted molar refractivity (Wildman–Crippen MR) is 314 cm³/mol. The lowest BCUT2D eigenvalue weighted by Gasteiger charge is -2.27. The van der Waals surface area contributed by atoms with Gasteiger partial charge in [0.2, 0.25) is 5.91 Å². The number of phosphoric acid groups is 1. The molecule has 0 saturated carbocycles. The predicted octanol–water partition coefficient (Wildman–Crippen LogP) is 18.7. The first-order valence-corrected chi connectivity index (χ1v) is 32.1. The van der Waals surface area contributed by atoms with Crippen molar-refractivity contribution in [3.8, 4) is 0 Å². The zero-order chi connectivity index (χ0) is 53.6. The van der Waals surface area contributed by atoms with Gasteiger partial charge in [0.1, 0.15) is 19.3 Å². The molecule has 9 nitrogen and oxygen atoms in total. The molecule has 2 N–H and O–H groups in total. The number of hydrogen-bond donors (Lipinski definition) is 2. The number of carbonyl (C=O) groups excluding carboxylic acids is 2. The number of carbonyl (C=O) groups is 2. The Morgan fingerprint density at radius 3 is 1.34 bits per heavy atom. The third kappa shape index (κ3) is 54.3. The van der Waals surface area contributed by atoms with Gasteiger partial charge in [0.25, 0.3) is 0 Å². The Bertz CT molecular complexity index is 1440. The van der Waals surface area contributed by atoms with E-state index in [1.807, 2.05) is 33.3 Å². The quantitative estimate of drug-likeness (QED) is 0.0156. The van der Waals surface area contributed by atoms with Crippen LogP contribution in [0.1, 0.15) is 278 Å². The number of rotatable bonds is 55. The van der Waals surface area contributed by atoms with Crippen LogP contribution in [0.2, 0.25) is 0 Å². The summed E-state index contributed by atoms with van der Waals surface area (Å²) in [6.45, 7) is 6.96. The molecule has 0 rings (SSSR count). The van der Waals surface area contributed by atoms with E-state index in [0.29, 0.717) is 17.4 Å². The zero-order valence-corrected chi connectivity index (χ0v) is 49.5. The summed E-state index contributed by atoms with van der Waals surface area (Å²) in [5, 5.41) is 3.05. The number of amides is 1. The van der Waals surface area contributed by atoms with Crippen LogP contribution in [0.4, 0.5) is 0 Å². The monoisotopic (exact) mass is 1050 g/mol. The Kier molecular flexibility index (Phi) is 51.5. The van der Waals surface area contributed by atoms with E-state index in [0.717, 1.165) is 83.5 Å². The number of hydrogen-bond acceptors (Lipinski definition) is 6. The van der Waals surface area contributed by atoms with E-state index in [1.165, 1.54) is 161 Å². The number of ether oxygens (including phenoxy) is 1. The molecule has 1 amide bonds. The summed E-state index contributed by atoms with van der Waals surface area (Å²) in [5.41, 5.74) is 0. The molecule has 3 unspecified atom stereocenters. The number of phosphoric ester groups is 1. The third-order valence-electron chi connectivity index (χ3n) is 13.5. The van der Waals surface area contributed by atoms with Gasteiger partial charge in [-0.3, -0.25) is 18.6 Å². The maximum absolute atomic E-state index is 13.5. The van der Waals surface area contributed by atoms with Crippen molar-refractivity contribution in [2.24, 2.45) is 0 Å². The summed E-state index contributed by atoms with van der Waals surface area (Å²) < 4.78 is 30.7. The number of nitrogens with one attached hydrogen (secondary N) is 1. The molecule has 0 aromatic carbocycles. The standard InChI is InChI=1S/C63H117N2O7P/c1-7-10-13-16-19-22-25-28-30-31-32-33-35-38-41-44-47-50-53-56-63(67)72-61(54-51-48-45-42-39-36-27-24-21-18-15-12-9-3)60(59-71-73(68,69)70-58-57-65(4,5)6)64-62(66)55-52-49-46-43-40-37-34-29-26-23-20-17-14-11-8-2/h19-20,22-23,26,28-30,51,54,60-61H,7-18,21,24-25,27,31-50,52-53,55-59H2,1-6H3,(H-,64,66,68,69)/p+1/b22-19-,23-20+,29-26+,30-28-,54-51+. The molecule has 0 heterocycles. The van der Waals surface area contributed by atoms with E-state index in [4.69, 9.17) is 13.8 Å². The van der Waals surface area contributed by atoms with Crippen LogP contribution >= 0.6 is 7.82 Å². The molecular formula is C63H118N2O7P+. The molecule has 0 aromatic rings. The number of esters is 1. The Morgan fingerprint density at radius 1 is 0.493 bits per heavy atom. The summed E-state index contributed by atoms with van der Waals surface area (Å²) in [5.74, 6) is -0.519. The number of quaternary nitrogens is 1. The smallest absolute Gasteiger partial charge is 0.456 e. The minimum atomic E-state index is -4.45. The van der Waals surface area contributed by atoms with Crippen LogP contribution in [0, 0.1) is 0 Å². The summed E-state index contributed by atoms with van der Waals surface area (Å²) >= 11 is 0. The molecule has 3 atom stereocenters. The average Bonchev–Trinajstić information content (AvgIpc) is 3.35. The van der Waals surface area contributed by atoms with Gasteiger partial charge < -0.3 is 19.4 Å². The third-order valence-corrected chi connectivity index (χ3v) is 14.4. The van der Waals surface area contributed by atoms with Gasteiger partial charge in [-0.05, 0) is 89.5 Å². The van der Waals surface area contributed by atoms with E-state index in [9.17, 15) is 19.0 Å². The molecule has 10 heteroatoms. The molecular weight excluding hydrogens is 928 g/mol. The van der Waals surface area contributed by atoms with Crippen LogP contribution in [0.25, 0.3) is 0 Å². The second kappa shape index (κ2) is 53.1. The SMILES string of the molecule is CCCCC/C=C\C/C=C\CCCCCCCCCCCC(=O)OC(/C=C/CCCCCCCCCCCCC)C(COP(=O)(O)OCC[N+](C)(C)C)NC(=O)CCCCCCCC/C=C/C=C/CCCCC. The van der Waals surface area contributed by atoms with Crippen LogP contribution in [-0.4, -0.2) is 74.3 Å². The Morgan fingerprint density at radius 2 is 0.877 bits per heavy atom. The maximum atomic E-state index is 13.5. The molecule has 0 fully saturated rings.